The fraction of sp³-hybridized carbons (Fsp3) is 0.149. The van der Waals surface area contributed by atoms with Crippen LogP contribution in [0.2, 0.25) is 0 Å². The van der Waals surface area contributed by atoms with Gasteiger partial charge >= 0.3 is 0 Å². The van der Waals surface area contributed by atoms with Crippen LogP contribution < -0.4 is 0 Å². The van der Waals surface area contributed by atoms with Crippen LogP contribution in [-0.2, 0) is 10.8 Å². The molecule has 1 unspecified atom stereocenters. The van der Waals surface area contributed by atoms with E-state index < -0.39 is 0 Å². The summed E-state index contributed by atoms with van der Waals surface area (Å²) in [5.41, 5.74) is 20.3. The number of allylic oxidation sites excluding steroid dienone is 4. The van der Waals surface area contributed by atoms with Gasteiger partial charge in [0.15, 0.2) is 0 Å². The van der Waals surface area contributed by atoms with Gasteiger partial charge < -0.3 is 4.57 Å². The highest BCUT2D eigenvalue weighted by atomic mass is 15.0. The molecule has 6 aromatic carbocycles. The zero-order valence-corrected chi connectivity index (χ0v) is 27.5. The van der Waals surface area contributed by atoms with E-state index in [9.17, 15) is 0 Å². The van der Waals surface area contributed by atoms with Crippen LogP contribution in [0.25, 0.3) is 55.3 Å². The van der Waals surface area contributed by atoms with Gasteiger partial charge in [0.05, 0.1) is 16.4 Å². The van der Waals surface area contributed by atoms with Gasteiger partial charge in [-0.1, -0.05) is 136 Å². The van der Waals surface area contributed by atoms with Gasteiger partial charge in [-0.3, -0.25) is 0 Å². The van der Waals surface area contributed by atoms with Crippen LogP contribution in [0.5, 0.6) is 0 Å². The molecule has 1 atom stereocenters. The molecule has 1 heterocycles. The quantitative estimate of drug-likeness (QED) is 0.174. The summed E-state index contributed by atoms with van der Waals surface area (Å²) in [6.07, 6.45) is 5.93. The van der Waals surface area contributed by atoms with Crippen LogP contribution in [0.3, 0.4) is 0 Å². The second-order valence-electron chi connectivity index (χ2n) is 14.9. The van der Waals surface area contributed by atoms with Crippen molar-refractivity contribution in [3.63, 3.8) is 0 Å². The summed E-state index contributed by atoms with van der Waals surface area (Å²) in [5.74, 6) is 0.581. The zero-order valence-electron chi connectivity index (χ0n) is 27.5. The molecule has 0 N–H and O–H groups in total. The maximum absolute atomic E-state index is 2.53. The van der Waals surface area contributed by atoms with E-state index in [0.717, 1.165) is 6.42 Å². The largest absolute Gasteiger partial charge is 0.309 e. The number of nitrogens with zero attached hydrogens (tertiary/aromatic N) is 1. The van der Waals surface area contributed by atoms with Gasteiger partial charge in [0.1, 0.15) is 0 Å². The second kappa shape index (κ2) is 8.94. The van der Waals surface area contributed by atoms with Crippen LogP contribution in [0, 0.1) is 5.92 Å². The van der Waals surface area contributed by atoms with Crippen molar-refractivity contribution in [3.05, 3.63) is 178 Å². The van der Waals surface area contributed by atoms with E-state index in [-0.39, 0.29) is 10.8 Å². The highest BCUT2D eigenvalue weighted by Gasteiger charge is 2.51. The molecule has 0 bridgehead atoms. The van der Waals surface area contributed by atoms with Gasteiger partial charge in [-0.2, -0.15) is 0 Å². The molecule has 11 rings (SSSR count). The van der Waals surface area contributed by atoms with E-state index >= 15 is 0 Å². The Kier molecular flexibility index (Phi) is 4.96. The fourth-order valence-electron chi connectivity index (χ4n) is 10.1. The maximum Gasteiger partial charge on any atom is 0.0725 e. The van der Waals surface area contributed by atoms with E-state index in [2.05, 4.69) is 165 Å². The number of aromatic nitrogens is 1. The topological polar surface area (TPSA) is 4.93 Å². The smallest absolute Gasteiger partial charge is 0.0725 e. The Hall–Kier alpha value is -5.40. The molecule has 0 aliphatic heterocycles. The molecule has 0 saturated carbocycles. The number of hydrogen-bond acceptors (Lipinski definition) is 0. The highest BCUT2D eigenvalue weighted by Crippen LogP contribution is 2.63. The summed E-state index contributed by atoms with van der Waals surface area (Å²) in [6, 6.07) is 48.5. The molecular formula is C47H35N. The molecular weight excluding hydrogens is 579 g/mol. The number of rotatable bonds is 1. The predicted octanol–water partition coefficient (Wildman–Crippen LogP) is 11.8. The number of benzene rings is 6. The molecule has 4 aliphatic rings. The van der Waals surface area contributed by atoms with Gasteiger partial charge in [-0.05, 0) is 104 Å². The van der Waals surface area contributed by atoms with Crippen molar-refractivity contribution in [1.82, 2.24) is 4.57 Å². The van der Waals surface area contributed by atoms with Crippen molar-refractivity contribution in [2.45, 2.75) is 38.0 Å². The molecule has 1 nitrogen and oxygen atoms in total. The first-order valence-corrected chi connectivity index (χ1v) is 17.4. The van der Waals surface area contributed by atoms with Crippen molar-refractivity contribution in [3.8, 4) is 27.9 Å². The van der Waals surface area contributed by atoms with Crippen LogP contribution >= 0.6 is 0 Å². The van der Waals surface area contributed by atoms with Crippen molar-refractivity contribution in [2.75, 3.05) is 0 Å². The molecule has 1 spiro atoms. The van der Waals surface area contributed by atoms with Gasteiger partial charge in [0, 0.05) is 21.9 Å². The lowest BCUT2D eigenvalue weighted by atomic mass is 9.70. The minimum atomic E-state index is -0.321. The molecule has 0 saturated heterocycles. The van der Waals surface area contributed by atoms with Crippen molar-refractivity contribution < 1.29 is 0 Å². The Morgan fingerprint density at radius 2 is 1.15 bits per heavy atom. The molecule has 0 amide bonds. The third kappa shape index (κ3) is 3.04. The van der Waals surface area contributed by atoms with E-state index in [1.165, 1.54) is 88.7 Å². The molecule has 7 aromatic rings. The van der Waals surface area contributed by atoms with Gasteiger partial charge in [-0.15, -0.1) is 0 Å². The summed E-state index contributed by atoms with van der Waals surface area (Å²) in [5, 5.41) is 2.64. The molecule has 1 aromatic heterocycles. The summed E-state index contributed by atoms with van der Waals surface area (Å²) < 4.78 is 2.53. The monoisotopic (exact) mass is 613 g/mol. The normalized spacial score (nSPS) is 18.6. The van der Waals surface area contributed by atoms with Crippen LogP contribution in [-0.4, -0.2) is 4.57 Å². The summed E-state index contributed by atoms with van der Waals surface area (Å²) in [4.78, 5) is 0. The maximum atomic E-state index is 2.53. The Labute approximate surface area is 281 Å². The number of fused-ring (bicyclic) bond motifs is 15. The minimum absolute atomic E-state index is 0.00563. The van der Waals surface area contributed by atoms with E-state index in [1.807, 2.05) is 0 Å². The average molecular weight is 614 g/mol. The molecule has 228 valence electrons. The van der Waals surface area contributed by atoms with Crippen LogP contribution in [0.15, 0.2) is 145 Å². The Morgan fingerprint density at radius 1 is 0.542 bits per heavy atom. The Balaban J connectivity index is 1.19. The number of para-hydroxylation sites is 1. The SMILES string of the molecule is CC1C=CC2=C(C1)C(C)(C)c1cc3c(cc12)c1ccccc1n3-c1ccc2c(c1)-c1ccccc1C21c2ccccc2-c2ccccc21. The third-order valence-electron chi connectivity index (χ3n) is 12.2. The van der Waals surface area contributed by atoms with Crippen LogP contribution in [0.1, 0.15) is 60.6 Å². The average Bonchev–Trinajstić information content (AvgIpc) is 3.78. The lowest BCUT2D eigenvalue weighted by Gasteiger charge is -2.30. The summed E-state index contributed by atoms with van der Waals surface area (Å²) in [6.45, 7) is 7.21. The molecule has 1 heteroatoms. The minimum Gasteiger partial charge on any atom is -0.309 e. The first kappa shape index (κ1) is 26.6. The Morgan fingerprint density at radius 3 is 1.85 bits per heavy atom. The molecule has 0 radical (unpaired) electrons. The van der Waals surface area contributed by atoms with Gasteiger partial charge in [0.25, 0.3) is 0 Å². The summed E-state index contributed by atoms with van der Waals surface area (Å²) >= 11 is 0. The lowest BCUT2D eigenvalue weighted by Crippen LogP contribution is -2.25. The molecule has 4 aliphatic carbocycles. The fourth-order valence-corrected chi connectivity index (χ4v) is 10.1. The Bertz CT molecular complexity index is 2590. The van der Waals surface area contributed by atoms with Crippen molar-refractivity contribution >= 4 is 27.4 Å². The molecule has 48 heavy (non-hydrogen) atoms. The van der Waals surface area contributed by atoms with Gasteiger partial charge in [-0.25, -0.2) is 0 Å². The first-order chi connectivity index (χ1) is 23.5. The van der Waals surface area contributed by atoms with E-state index in [4.69, 9.17) is 0 Å². The van der Waals surface area contributed by atoms with E-state index in [1.54, 1.807) is 5.57 Å². The lowest BCUT2D eigenvalue weighted by molar-refractivity contribution is 0.566. The summed E-state index contributed by atoms with van der Waals surface area (Å²) in [7, 11) is 0. The highest BCUT2D eigenvalue weighted by molar-refractivity contribution is 6.11. The van der Waals surface area contributed by atoms with Gasteiger partial charge in [0.2, 0.25) is 0 Å². The zero-order chi connectivity index (χ0) is 31.9. The van der Waals surface area contributed by atoms with Crippen molar-refractivity contribution in [1.29, 1.82) is 0 Å². The standard InChI is InChI=1S/C47H35N/c1-28-20-22-33-36-26-37-34-15-7-11-19-44(34)48(45(37)27-43(36)46(2,3)42(33)24-28)29-21-23-41-35(25-29)32-14-6-10-18-40(32)47(41)38-16-8-4-12-30(38)31-13-5-9-17-39(31)47/h4-23,25-28H,24H2,1-3H3. The first-order valence-electron chi connectivity index (χ1n) is 17.4. The van der Waals surface area contributed by atoms with Crippen molar-refractivity contribution in [2.24, 2.45) is 5.92 Å². The van der Waals surface area contributed by atoms with Crippen LogP contribution in [0.4, 0.5) is 0 Å². The number of hydrogen-bond donors (Lipinski definition) is 0. The molecule has 0 fully saturated rings. The predicted molar refractivity (Wildman–Crippen MR) is 200 cm³/mol. The van der Waals surface area contributed by atoms with E-state index in [0.29, 0.717) is 5.92 Å². The third-order valence-corrected chi connectivity index (χ3v) is 12.2. The second-order valence-corrected chi connectivity index (χ2v) is 14.9.